The largest absolute Gasteiger partial charge is 0.354 e. The van der Waals surface area contributed by atoms with E-state index in [4.69, 9.17) is 11.6 Å². The minimum Gasteiger partial charge on any atom is -0.354 e. The Morgan fingerprint density at radius 1 is 1.10 bits per heavy atom. The second-order valence-corrected chi connectivity index (χ2v) is 8.91. The Bertz CT molecular complexity index is 828. The Morgan fingerprint density at radius 2 is 1.80 bits per heavy atom. The van der Waals surface area contributed by atoms with Crippen molar-refractivity contribution in [3.05, 3.63) is 70.5 Å². The Hall–Kier alpha value is -2.05. The molecule has 1 N–H and O–H groups in total. The van der Waals surface area contributed by atoms with Gasteiger partial charge in [0, 0.05) is 29.4 Å². The molecule has 0 aliphatic rings. The first-order valence-electron chi connectivity index (χ1n) is 9.91. The molecule has 2 aromatic rings. The summed E-state index contributed by atoms with van der Waals surface area (Å²) in [6.07, 6.45) is 0. The first-order chi connectivity index (χ1) is 14.3. The molecule has 0 bridgehead atoms. The highest BCUT2D eigenvalue weighted by atomic mass is 35.5. The maximum Gasteiger partial charge on any atom is 0.242 e. The van der Waals surface area contributed by atoms with Crippen molar-refractivity contribution in [2.75, 3.05) is 12.3 Å². The van der Waals surface area contributed by atoms with Crippen LogP contribution < -0.4 is 5.32 Å². The van der Waals surface area contributed by atoms with Gasteiger partial charge in [0.15, 0.2) is 0 Å². The predicted octanol–water partition coefficient (Wildman–Crippen LogP) is 4.90. The second kappa shape index (κ2) is 12.0. The van der Waals surface area contributed by atoms with Gasteiger partial charge in [0.2, 0.25) is 11.8 Å². The van der Waals surface area contributed by atoms with E-state index in [1.54, 1.807) is 24.0 Å². The van der Waals surface area contributed by atoms with E-state index in [-0.39, 0.29) is 29.1 Å². The standard InChI is InChI=1S/C23H28ClFN2O2S/c1-16(2)12-26-23(29)17(3)27(13-18-8-5-4-6-9-18)22(28)15-30-14-19-20(24)10-7-11-21(19)25/h4-11,16-17H,12-15H2,1-3H3,(H,26,29)/t17-/m1/s1. The van der Waals surface area contributed by atoms with E-state index in [2.05, 4.69) is 5.32 Å². The van der Waals surface area contributed by atoms with Gasteiger partial charge in [0.05, 0.1) is 5.75 Å². The zero-order valence-electron chi connectivity index (χ0n) is 17.5. The maximum atomic E-state index is 14.0. The van der Waals surface area contributed by atoms with Gasteiger partial charge < -0.3 is 10.2 Å². The van der Waals surface area contributed by atoms with Gasteiger partial charge in [0.25, 0.3) is 0 Å². The molecule has 0 saturated carbocycles. The third-order valence-electron chi connectivity index (χ3n) is 4.58. The molecule has 0 saturated heterocycles. The lowest BCUT2D eigenvalue weighted by molar-refractivity contribution is -0.138. The molecule has 2 rings (SSSR count). The number of hydrogen-bond acceptors (Lipinski definition) is 3. The Labute approximate surface area is 187 Å². The van der Waals surface area contributed by atoms with Crippen LogP contribution in [0.25, 0.3) is 0 Å². The number of benzene rings is 2. The summed E-state index contributed by atoms with van der Waals surface area (Å²) in [5.74, 6) is -0.0203. The molecular formula is C23H28ClFN2O2S. The molecule has 2 aromatic carbocycles. The molecule has 162 valence electrons. The summed E-state index contributed by atoms with van der Waals surface area (Å²) in [4.78, 5) is 27.1. The van der Waals surface area contributed by atoms with Gasteiger partial charge in [-0.3, -0.25) is 9.59 Å². The van der Waals surface area contributed by atoms with Crippen LogP contribution in [0.15, 0.2) is 48.5 Å². The Kier molecular flexibility index (Phi) is 9.66. The number of nitrogens with one attached hydrogen (secondary N) is 1. The van der Waals surface area contributed by atoms with E-state index in [1.807, 2.05) is 44.2 Å². The summed E-state index contributed by atoms with van der Waals surface area (Å²) in [6, 6.07) is 13.5. The zero-order valence-corrected chi connectivity index (χ0v) is 19.1. The SMILES string of the molecule is CC(C)CNC(=O)[C@@H](C)N(Cc1ccccc1)C(=O)CSCc1c(F)cccc1Cl. The fraction of sp³-hybridized carbons (Fsp3) is 0.391. The molecule has 0 radical (unpaired) electrons. The predicted molar refractivity (Wildman–Crippen MR) is 122 cm³/mol. The molecule has 30 heavy (non-hydrogen) atoms. The zero-order chi connectivity index (χ0) is 22.1. The summed E-state index contributed by atoms with van der Waals surface area (Å²) in [5, 5.41) is 3.24. The molecule has 0 aromatic heterocycles. The van der Waals surface area contributed by atoms with E-state index >= 15 is 0 Å². The van der Waals surface area contributed by atoms with Crippen LogP contribution in [0.2, 0.25) is 5.02 Å². The van der Waals surface area contributed by atoms with Crippen molar-refractivity contribution in [1.82, 2.24) is 10.2 Å². The highest BCUT2D eigenvalue weighted by Crippen LogP contribution is 2.24. The Morgan fingerprint density at radius 3 is 2.43 bits per heavy atom. The number of nitrogens with zero attached hydrogens (tertiary/aromatic N) is 1. The van der Waals surface area contributed by atoms with Crippen molar-refractivity contribution < 1.29 is 14.0 Å². The first-order valence-corrected chi connectivity index (χ1v) is 11.4. The van der Waals surface area contributed by atoms with Crippen LogP contribution in [0, 0.1) is 11.7 Å². The van der Waals surface area contributed by atoms with E-state index in [9.17, 15) is 14.0 Å². The van der Waals surface area contributed by atoms with Crippen molar-refractivity contribution >= 4 is 35.2 Å². The van der Waals surface area contributed by atoms with Gasteiger partial charge in [-0.25, -0.2) is 4.39 Å². The summed E-state index contributed by atoms with van der Waals surface area (Å²) < 4.78 is 14.0. The highest BCUT2D eigenvalue weighted by molar-refractivity contribution is 7.99. The van der Waals surface area contributed by atoms with E-state index in [0.717, 1.165) is 5.56 Å². The molecule has 2 amide bonds. The van der Waals surface area contributed by atoms with Gasteiger partial charge in [0.1, 0.15) is 11.9 Å². The van der Waals surface area contributed by atoms with Crippen molar-refractivity contribution in [2.24, 2.45) is 5.92 Å². The van der Waals surface area contributed by atoms with Crippen LogP contribution in [-0.2, 0) is 21.9 Å². The van der Waals surface area contributed by atoms with Gasteiger partial charge in [-0.05, 0) is 30.5 Å². The summed E-state index contributed by atoms with van der Waals surface area (Å²) in [5.41, 5.74) is 1.32. The third kappa shape index (κ3) is 7.33. The number of carbonyl (C=O) groups is 2. The van der Waals surface area contributed by atoms with Crippen molar-refractivity contribution in [3.8, 4) is 0 Å². The monoisotopic (exact) mass is 450 g/mol. The Balaban J connectivity index is 2.06. The van der Waals surface area contributed by atoms with Crippen LogP contribution in [0.4, 0.5) is 4.39 Å². The molecule has 0 fully saturated rings. The number of halogens is 2. The van der Waals surface area contributed by atoms with Crippen LogP contribution >= 0.6 is 23.4 Å². The lowest BCUT2D eigenvalue weighted by Gasteiger charge is -2.29. The first kappa shape index (κ1) is 24.2. The topological polar surface area (TPSA) is 49.4 Å². The van der Waals surface area contributed by atoms with Crippen molar-refractivity contribution in [3.63, 3.8) is 0 Å². The van der Waals surface area contributed by atoms with E-state index in [1.165, 1.54) is 17.8 Å². The molecule has 1 atom stereocenters. The number of rotatable bonds is 10. The summed E-state index contributed by atoms with van der Waals surface area (Å²) in [6.45, 7) is 6.65. The van der Waals surface area contributed by atoms with Crippen LogP contribution in [0.5, 0.6) is 0 Å². The number of carbonyl (C=O) groups excluding carboxylic acids is 2. The summed E-state index contributed by atoms with van der Waals surface area (Å²) in [7, 11) is 0. The number of hydrogen-bond donors (Lipinski definition) is 1. The fourth-order valence-electron chi connectivity index (χ4n) is 2.81. The number of amides is 2. The second-order valence-electron chi connectivity index (χ2n) is 7.52. The van der Waals surface area contributed by atoms with Gasteiger partial charge in [-0.1, -0.05) is 61.8 Å². The lowest BCUT2D eigenvalue weighted by atomic mass is 10.1. The molecule has 7 heteroatoms. The minimum atomic E-state index is -0.617. The number of thioether (sulfide) groups is 1. The summed E-state index contributed by atoms with van der Waals surface area (Å²) >= 11 is 7.35. The lowest BCUT2D eigenvalue weighted by Crippen LogP contribution is -2.48. The smallest absolute Gasteiger partial charge is 0.242 e. The molecule has 0 heterocycles. The maximum absolute atomic E-state index is 14.0. The van der Waals surface area contributed by atoms with Gasteiger partial charge in [-0.15, -0.1) is 11.8 Å². The third-order valence-corrected chi connectivity index (χ3v) is 5.88. The average Bonchev–Trinajstić information content (AvgIpc) is 2.72. The quantitative estimate of drug-likeness (QED) is 0.560. The molecular weight excluding hydrogens is 423 g/mol. The van der Waals surface area contributed by atoms with Crippen LogP contribution in [0.1, 0.15) is 31.9 Å². The molecule has 0 spiro atoms. The van der Waals surface area contributed by atoms with Crippen molar-refractivity contribution in [1.29, 1.82) is 0 Å². The van der Waals surface area contributed by atoms with Crippen LogP contribution in [-0.4, -0.2) is 35.1 Å². The van der Waals surface area contributed by atoms with E-state index in [0.29, 0.717) is 29.6 Å². The average molecular weight is 451 g/mol. The van der Waals surface area contributed by atoms with Crippen molar-refractivity contribution in [2.45, 2.75) is 39.1 Å². The molecule has 4 nitrogen and oxygen atoms in total. The van der Waals surface area contributed by atoms with Crippen LogP contribution in [0.3, 0.4) is 0 Å². The minimum absolute atomic E-state index is 0.124. The fourth-order valence-corrected chi connectivity index (χ4v) is 4.06. The molecule has 0 aliphatic carbocycles. The highest BCUT2D eigenvalue weighted by Gasteiger charge is 2.26. The molecule has 0 unspecified atom stereocenters. The normalized spacial score (nSPS) is 11.9. The van der Waals surface area contributed by atoms with Gasteiger partial charge in [-0.2, -0.15) is 0 Å². The van der Waals surface area contributed by atoms with Gasteiger partial charge >= 0.3 is 0 Å². The van der Waals surface area contributed by atoms with E-state index < -0.39 is 6.04 Å². The molecule has 0 aliphatic heterocycles.